The van der Waals surface area contributed by atoms with Crippen LogP contribution >= 0.6 is 0 Å². The van der Waals surface area contributed by atoms with Crippen LogP contribution in [0.4, 0.5) is 10.1 Å². The monoisotopic (exact) mass is 251 g/mol. The van der Waals surface area contributed by atoms with Crippen LogP contribution in [0, 0.1) is 12.7 Å². The summed E-state index contributed by atoms with van der Waals surface area (Å²) in [6, 6.07) is 3.02. The van der Waals surface area contributed by atoms with Crippen molar-refractivity contribution in [2.75, 3.05) is 5.73 Å². The van der Waals surface area contributed by atoms with Gasteiger partial charge in [-0.3, -0.25) is 0 Å². The molecule has 1 saturated heterocycles. The maximum atomic E-state index is 13.3. The van der Waals surface area contributed by atoms with Gasteiger partial charge in [-0.1, -0.05) is 6.07 Å². The topological polar surface area (TPSA) is 44.5 Å². The molecule has 0 saturated carbocycles. The third-order valence-corrected chi connectivity index (χ3v) is 4.01. The highest BCUT2D eigenvalue weighted by atomic mass is 19.1. The van der Waals surface area contributed by atoms with Crippen LogP contribution < -0.4 is 11.2 Å². The Labute approximate surface area is 108 Å². The molecule has 2 N–H and O–H groups in total. The van der Waals surface area contributed by atoms with Crippen molar-refractivity contribution in [3.05, 3.63) is 23.5 Å². The van der Waals surface area contributed by atoms with E-state index in [4.69, 9.17) is 15.0 Å². The summed E-state index contributed by atoms with van der Waals surface area (Å²) >= 11 is 0. The van der Waals surface area contributed by atoms with Crippen LogP contribution in [0.2, 0.25) is 0 Å². The normalized spacial score (nSPS) is 21.3. The Morgan fingerprint density at radius 3 is 2.11 bits per heavy atom. The first-order valence-electron chi connectivity index (χ1n) is 6.06. The van der Waals surface area contributed by atoms with Gasteiger partial charge in [0.15, 0.2) is 0 Å². The van der Waals surface area contributed by atoms with E-state index in [9.17, 15) is 4.39 Å². The zero-order valence-electron chi connectivity index (χ0n) is 11.5. The summed E-state index contributed by atoms with van der Waals surface area (Å²) in [5, 5.41) is 0. The molecule has 0 aliphatic carbocycles. The maximum absolute atomic E-state index is 13.3. The van der Waals surface area contributed by atoms with Gasteiger partial charge in [0.25, 0.3) is 0 Å². The summed E-state index contributed by atoms with van der Waals surface area (Å²) in [5.74, 6) is -0.409. The average molecular weight is 251 g/mol. The highest BCUT2D eigenvalue weighted by Gasteiger charge is 2.52. The van der Waals surface area contributed by atoms with Gasteiger partial charge in [0, 0.05) is 0 Å². The Bertz CT molecular complexity index is 472. The van der Waals surface area contributed by atoms with Gasteiger partial charge in [-0.15, -0.1) is 0 Å². The Morgan fingerprint density at radius 1 is 1.11 bits per heavy atom. The van der Waals surface area contributed by atoms with Gasteiger partial charge in [-0.05, 0) is 51.7 Å². The summed E-state index contributed by atoms with van der Waals surface area (Å²) in [4.78, 5) is 0. The number of anilines is 1. The molecule has 0 atom stereocenters. The number of nitrogens with two attached hydrogens (primary N) is 1. The summed E-state index contributed by atoms with van der Waals surface area (Å²) in [6.07, 6.45) is 0. The molecular weight excluding hydrogens is 232 g/mol. The third kappa shape index (κ3) is 1.91. The molecule has 0 bridgehead atoms. The predicted octanol–water partition coefficient (Wildman–Crippen LogP) is 2.02. The molecular formula is C13H19BFNO2. The molecule has 1 fully saturated rings. The van der Waals surface area contributed by atoms with E-state index in [1.165, 1.54) is 6.07 Å². The van der Waals surface area contributed by atoms with Crippen molar-refractivity contribution in [2.24, 2.45) is 0 Å². The number of halogens is 1. The maximum Gasteiger partial charge on any atom is 0.495 e. The second-order valence-electron chi connectivity index (χ2n) is 5.76. The average Bonchev–Trinajstić information content (AvgIpc) is 2.45. The second kappa shape index (κ2) is 3.97. The molecule has 0 radical (unpaired) electrons. The largest absolute Gasteiger partial charge is 0.495 e. The van der Waals surface area contributed by atoms with Crippen molar-refractivity contribution >= 4 is 18.3 Å². The highest BCUT2D eigenvalue weighted by molar-refractivity contribution is 6.62. The number of nitrogen functional groups attached to an aromatic ring is 1. The number of benzene rings is 1. The van der Waals surface area contributed by atoms with Crippen LogP contribution in [0.3, 0.4) is 0 Å². The molecule has 98 valence electrons. The molecule has 1 aliphatic rings. The van der Waals surface area contributed by atoms with Gasteiger partial charge in [-0.2, -0.15) is 0 Å². The van der Waals surface area contributed by atoms with E-state index in [1.807, 2.05) is 27.7 Å². The predicted molar refractivity (Wildman–Crippen MR) is 71.3 cm³/mol. The number of hydrogen-bond donors (Lipinski definition) is 1. The first-order valence-corrected chi connectivity index (χ1v) is 6.06. The zero-order valence-corrected chi connectivity index (χ0v) is 11.5. The smallest absolute Gasteiger partial charge is 0.399 e. The van der Waals surface area contributed by atoms with E-state index in [1.54, 1.807) is 13.0 Å². The highest BCUT2D eigenvalue weighted by Crippen LogP contribution is 2.36. The third-order valence-electron chi connectivity index (χ3n) is 4.01. The van der Waals surface area contributed by atoms with Gasteiger partial charge in [-0.25, -0.2) is 4.39 Å². The Balaban J connectivity index is 2.39. The minimum absolute atomic E-state index is 0.155. The van der Waals surface area contributed by atoms with Crippen LogP contribution in [0.5, 0.6) is 0 Å². The Hall–Kier alpha value is -1.07. The molecule has 2 rings (SSSR count). The van der Waals surface area contributed by atoms with Crippen LogP contribution in [0.15, 0.2) is 12.1 Å². The standard InChI is InChI=1S/C13H19BFNO2/c1-8-9(6-7-10(15)11(8)16)14-17-12(2,3)13(4,5)18-14/h6-7H,16H2,1-5H3. The van der Waals surface area contributed by atoms with Gasteiger partial charge >= 0.3 is 7.12 Å². The van der Waals surface area contributed by atoms with E-state index in [0.717, 1.165) is 5.46 Å². The molecule has 0 aromatic heterocycles. The summed E-state index contributed by atoms with van der Waals surface area (Å²) in [6.45, 7) is 9.70. The first-order chi connectivity index (χ1) is 8.16. The zero-order chi connectivity index (χ0) is 13.7. The Morgan fingerprint density at radius 2 is 1.61 bits per heavy atom. The van der Waals surface area contributed by atoms with Crippen molar-refractivity contribution < 1.29 is 13.7 Å². The van der Waals surface area contributed by atoms with Crippen molar-refractivity contribution in [2.45, 2.75) is 45.8 Å². The lowest BCUT2D eigenvalue weighted by Gasteiger charge is -2.32. The van der Waals surface area contributed by atoms with E-state index < -0.39 is 24.1 Å². The van der Waals surface area contributed by atoms with Crippen molar-refractivity contribution in [1.29, 1.82) is 0 Å². The van der Waals surface area contributed by atoms with E-state index in [-0.39, 0.29) is 5.69 Å². The van der Waals surface area contributed by atoms with Gasteiger partial charge < -0.3 is 15.0 Å². The second-order valence-corrected chi connectivity index (χ2v) is 5.76. The molecule has 1 aromatic rings. The molecule has 1 heterocycles. The van der Waals surface area contributed by atoms with E-state index in [2.05, 4.69) is 0 Å². The summed E-state index contributed by atoms with van der Waals surface area (Å²) in [7, 11) is -0.502. The van der Waals surface area contributed by atoms with E-state index in [0.29, 0.717) is 5.56 Å². The molecule has 5 heteroatoms. The first kappa shape index (κ1) is 13.4. The summed E-state index contributed by atoms with van der Waals surface area (Å²) in [5.41, 5.74) is 6.49. The van der Waals surface area contributed by atoms with Gasteiger partial charge in [0.1, 0.15) is 5.82 Å². The molecule has 18 heavy (non-hydrogen) atoms. The van der Waals surface area contributed by atoms with Crippen LogP contribution in [-0.2, 0) is 9.31 Å². The summed E-state index contributed by atoms with van der Waals surface area (Å²) < 4.78 is 25.2. The molecule has 1 aromatic carbocycles. The molecule has 0 unspecified atom stereocenters. The molecule has 0 amide bonds. The van der Waals surface area contributed by atoms with Crippen molar-refractivity contribution in [3.63, 3.8) is 0 Å². The Kier molecular flexibility index (Phi) is 2.95. The van der Waals surface area contributed by atoms with Crippen LogP contribution in [-0.4, -0.2) is 18.3 Å². The lowest BCUT2D eigenvalue weighted by atomic mass is 9.76. The lowest BCUT2D eigenvalue weighted by Crippen LogP contribution is -2.41. The van der Waals surface area contributed by atoms with Gasteiger partial charge in [0.05, 0.1) is 16.9 Å². The van der Waals surface area contributed by atoms with Gasteiger partial charge in [0.2, 0.25) is 0 Å². The lowest BCUT2D eigenvalue weighted by molar-refractivity contribution is 0.00578. The number of hydrogen-bond acceptors (Lipinski definition) is 3. The van der Waals surface area contributed by atoms with E-state index >= 15 is 0 Å². The molecule has 0 spiro atoms. The van der Waals surface area contributed by atoms with Crippen LogP contribution in [0.25, 0.3) is 0 Å². The SMILES string of the molecule is Cc1c(B2OC(C)(C)C(C)(C)O2)ccc(F)c1N. The fraction of sp³-hybridized carbons (Fsp3) is 0.538. The van der Waals surface area contributed by atoms with Crippen molar-refractivity contribution in [3.8, 4) is 0 Å². The molecule has 3 nitrogen and oxygen atoms in total. The fourth-order valence-electron chi connectivity index (χ4n) is 1.94. The minimum atomic E-state index is -0.502. The number of rotatable bonds is 1. The quantitative estimate of drug-likeness (QED) is 0.613. The minimum Gasteiger partial charge on any atom is -0.399 e. The van der Waals surface area contributed by atoms with Crippen molar-refractivity contribution in [1.82, 2.24) is 0 Å². The fourth-order valence-corrected chi connectivity index (χ4v) is 1.94. The van der Waals surface area contributed by atoms with Crippen LogP contribution in [0.1, 0.15) is 33.3 Å². The molecule has 1 aliphatic heterocycles.